The van der Waals surface area contributed by atoms with Crippen LogP contribution in [-0.4, -0.2) is 53.1 Å². The Bertz CT molecular complexity index is 886. The van der Waals surface area contributed by atoms with Gasteiger partial charge in [-0.1, -0.05) is 49.3 Å². The average molecular weight is 439 g/mol. The Morgan fingerprint density at radius 2 is 1.94 bits per heavy atom. The predicted octanol–water partition coefficient (Wildman–Crippen LogP) is 3.86. The summed E-state index contributed by atoms with van der Waals surface area (Å²) in [5, 5.41) is 8.26. The van der Waals surface area contributed by atoms with Crippen LogP contribution in [0, 0.1) is 11.3 Å². The second-order valence-electron chi connectivity index (χ2n) is 10.4. The highest BCUT2D eigenvalue weighted by atomic mass is 16.5. The number of benzene rings is 1. The number of carbonyl (C=O) groups excluding carboxylic acids is 1. The molecule has 1 saturated heterocycles. The third-order valence-electron chi connectivity index (χ3n) is 7.63. The van der Waals surface area contributed by atoms with E-state index >= 15 is 0 Å². The Labute approximate surface area is 192 Å². The van der Waals surface area contributed by atoms with Gasteiger partial charge in [0.15, 0.2) is 5.76 Å². The fourth-order valence-electron chi connectivity index (χ4n) is 5.29. The maximum Gasteiger partial charge on any atom is 0.219 e. The molecule has 6 heteroatoms. The zero-order chi connectivity index (χ0) is 22.7. The topological polar surface area (TPSA) is 61.6 Å². The van der Waals surface area contributed by atoms with Crippen LogP contribution in [-0.2, 0) is 24.3 Å². The number of piperidine rings is 1. The smallest absolute Gasteiger partial charge is 0.219 e. The normalized spacial score (nSPS) is 23.3. The molecule has 6 nitrogen and oxygen atoms in total. The first-order chi connectivity index (χ1) is 15.3. The summed E-state index contributed by atoms with van der Waals surface area (Å²) < 4.78 is 5.65. The molecule has 2 fully saturated rings. The van der Waals surface area contributed by atoms with E-state index in [1.54, 1.807) is 6.92 Å². The molecule has 0 unspecified atom stereocenters. The first kappa shape index (κ1) is 23.0. The average Bonchev–Trinajstić information content (AvgIpc) is 3.20. The van der Waals surface area contributed by atoms with E-state index in [1.165, 1.54) is 12.0 Å². The second kappa shape index (κ2) is 9.75. The van der Waals surface area contributed by atoms with Crippen molar-refractivity contribution in [1.82, 2.24) is 20.3 Å². The van der Waals surface area contributed by atoms with E-state index in [1.807, 2.05) is 11.0 Å². The van der Waals surface area contributed by atoms with E-state index in [4.69, 9.17) is 4.52 Å². The number of nitrogens with one attached hydrogen (secondary N) is 1. The molecule has 32 heavy (non-hydrogen) atoms. The van der Waals surface area contributed by atoms with E-state index in [9.17, 15) is 4.79 Å². The SMILES string of the molecule is CC(=O)N1CCC(N[C@H]2C[C@@H](Cc3cc(CN(C)Cc4ccccc4)on3)C2(C)C)CC1. The fraction of sp³-hybridized carbons (Fsp3) is 0.615. The molecule has 1 aliphatic heterocycles. The van der Waals surface area contributed by atoms with Crippen LogP contribution >= 0.6 is 0 Å². The van der Waals surface area contributed by atoms with Gasteiger partial charge in [-0.3, -0.25) is 9.69 Å². The minimum absolute atomic E-state index is 0.200. The van der Waals surface area contributed by atoms with E-state index < -0.39 is 0 Å². The molecule has 2 aromatic rings. The van der Waals surface area contributed by atoms with Crippen LogP contribution in [0.15, 0.2) is 40.9 Å². The van der Waals surface area contributed by atoms with E-state index in [0.717, 1.165) is 56.9 Å². The summed E-state index contributed by atoms with van der Waals surface area (Å²) in [6.45, 7) is 9.83. The number of hydrogen-bond acceptors (Lipinski definition) is 5. The van der Waals surface area contributed by atoms with Crippen molar-refractivity contribution in [2.24, 2.45) is 11.3 Å². The number of carbonyl (C=O) groups is 1. The molecule has 1 amide bonds. The standard InChI is InChI=1S/C26H38N4O2/c1-19(31)30-12-10-22(11-13-30)27-25-15-21(26(25,2)3)14-23-16-24(32-28-23)18-29(4)17-20-8-6-5-7-9-20/h5-9,16,21-22,25,27H,10-15,17-18H2,1-4H3/t21-,25+/m1/s1. The van der Waals surface area contributed by atoms with Gasteiger partial charge in [0.25, 0.3) is 0 Å². The third-order valence-corrected chi connectivity index (χ3v) is 7.63. The minimum Gasteiger partial charge on any atom is -0.360 e. The predicted molar refractivity (Wildman–Crippen MR) is 126 cm³/mol. The lowest BCUT2D eigenvalue weighted by Gasteiger charge is -2.54. The summed E-state index contributed by atoms with van der Waals surface area (Å²) in [7, 11) is 2.11. The van der Waals surface area contributed by atoms with Crippen LogP contribution in [0.25, 0.3) is 0 Å². The summed E-state index contributed by atoms with van der Waals surface area (Å²) >= 11 is 0. The maximum absolute atomic E-state index is 11.5. The van der Waals surface area contributed by atoms with Crippen LogP contribution in [0.5, 0.6) is 0 Å². The molecule has 1 aromatic heterocycles. The molecule has 2 atom stereocenters. The van der Waals surface area contributed by atoms with Crippen molar-refractivity contribution in [3.8, 4) is 0 Å². The molecule has 0 spiro atoms. The molecule has 0 radical (unpaired) electrons. The highest BCUT2D eigenvalue weighted by Crippen LogP contribution is 2.48. The number of nitrogens with zero attached hydrogens (tertiary/aromatic N) is 3. The zero-order valence-electron chi connectivity index (χ0n) is 20.0. The molecule has 4 rings (SSSR count). The third kappa shape index (κ3) is 5.41. The molecule has 1 N–H and O–H groups in total. The minimum atomic E-state index is 0.200. The van der Waals surface area contributed by atoms with Gasteiger partial charge in [0.05, 0.1) is 12.2 Å². The van der Waals surface area contributed by atoms with Crippen LogP contribution in [0.3, 0.4) is 0 Å². The number of rotatable bonds is 8. The number of amides is 1. The van der Waals surface area contributed by atoms with Crippen molar-refractivity contribution in [2.75, 3.05) is 20.1 Å². The van der Waals surface area contributed by atoms with E-state index in [2.05, 4.69) is 66.6 Å². The molecule has 2 aliphatic rings. The Hall–Kier alpha value is -2.18. The van der Waals surface area contributed by atoms with Gasteiger partial charge in [-0.05, 0) is 49.6 Å². The van der Waals surface area contributed by atoms with Gasteiger partial charge in [0, 0.05) is 44.7 Å². The van der Waals surface area contributed by atoms with Crippen LogP contribution in [0.4, 0.5) is 0 Å². The Morgan fingerprint density at radius 3 is 2.59 bits per heavy atom. The van der Waals surface area contributed by atoms with Crippen LogP contribution in [0.1, 0.15) is 57.1 Å². The highest BCUT2D eigenvalue weighted by molar-refractivity contribution is 5.73. The van der Waals surface area contributed by atoms with Crippen molar-refractivity contribution in [2.45, 2.75) is 71.6 Å². The van der Waals surface area contributed by atoms with E-state index in [0.29, 0.717) is 18.0 Å². The van der Waals surface area contributed by atoms with Crippen LogP contribution in [0.2, 0.25) is 0 Å². The number of likely N-dealkylation sites (tertiary alicyclic amines) is 1. The molecule has 1 saturated carbocycles. The molecular weight excluding hydrogens is 400 g/mol. The van der Waals surface area contributed by atoms with Crippen molar-refractivity contribution < 1.29 is 9.32 Å². The van der Waals surface area contributed by atoms with Crippen molar-refractivity contribution in [3.63, 3.8) is 0 Å². The Morgan fingerprint density at radius 1 is 1.22 bits per heavy atom. The number of hydrogen-bond donors (Lipinski definition) is 1. The molecule has 1 aliphatic carbocycles. The van der Waals surface area contributed by atoms with Gasteiger partial charge in [0.1, 0.15) is 0 Å². The maximum atomic E-state index is 11.5. The summed E-state index contributed by atoms with van der Waals surface area (Å²) in [4.78, 5) is 15.8. The van der Waals surface area contributed by atoms with Gasteiger partial charge >= 0.3 is 0 Å². The first-order valence-electron chi connectivity index (χ1n) is 12.0. The first-order valence-corrected chi connectivity index (χ1v) is 12.0. The van der Waals surface area contributed by atoms with Crippen molar-refractivity contribution in [3.05, 3.63) is 53.4 Å². The summed E-state index contributed by atoms with van der Waals surface area (Å²) in [5.74, 6) is 1.74. The van der Waals surface area contributed by atoms with Gasteiger partial charge in [0.2, 0.25) is 5.91 Å². The Kier molecular flexibility index (Phi) is 7.01. The molecular formula is C26H38N4O2. The van der Waals surface area contributed by atoms with E-state index in [-0.39, 0.29) is 11.3 Å². The monoisotopic (exact) mass is 438 g/mol. The summed E-state index contributed by atoms with van der Waals surface area (Å²) in [6, 6.07) is 13.7. The summed E-state index contributed by atoms with van der Waals surface area (Å²) in [5.41, 5.74) is 2.61. The lowest BCUT2D eigenvalue weighted by molar-refractivity contribution is -0.130. The lowest BCUT2D eigenvalue weighted by Crippen LogP contribution is -2.61. The Balaban J connectivity index is 1.23. The molecule has 2 heterocycles. The highest BCUT2D eigenvalue weighted by Gasteiger charge is 2.48. The largest absolute Gasteiger partial charge is 0.360 e. The number of aromatic nitrogens is 1. The van der Waals surface area contributed by atoms with Gasteiger partial charge in [-0.25, -0.2) is 0 Å². The van der Waals surface area contributed by atoms with Gasteiger partial charge in [-0.15, -0.1) is 0 Å². The van der Waals surface area contributed by atoms with Gasteiger partial charge in [-0.2, -0.15) is 0 Å². The summed E-state index contributed by atoms with van der Waals surface area (Å²) in [6.07, 6.45) is 4.26. The second-order valence-corrected chi connectivity index (χ2v) is 10.4. The quantitative estimate of drug-likeness (QED) is 0.678. The van der Waals surface area contributed by atoms with Crippen LogP contribution < -0.4 is 5.32 Å². The zero-order valence-corrected chi connectivity index (χ0v) is 20.0. The molecule has 0 bridgehead atoms. The van der Waals surface area contributed by atoms with Crippen molar-refractivity contribution >= 4 is 5.91 Å². The molecule has 174 valence electrons. The molecule has 1 aromatic carbocycles. The fourth-order valence-corrected chi connectivity index (χ4v) is 5.29. The van der Waals surface area contributed by atoms with Crippen molar-refractivity contribution in [1.29, 1.82) is 0 Å². The van der Waals surface area contributed by atoms with Gasteiger partial charge < -0.3 is 14.7 Å². The lowest BCUT2D eigenvalue weighted by atomic mass is 9.57.